The smallest absolute Gasteiger partial charge is 0.258 e. The second kappa shape index (κ2) is 7.01. The molecule has 5 heteroatoms. The van der Waals surface area contributed by atoms with Crippen molar-refractivity contribution in [2.45, 2.75) is 24.9 Å². The molecule has 3 rings (SSSR count). The molecule has 0 saturated carbocycles. The predicted molar refractivity (Wildman–Crippen MR) is 88.3 cm³/mol. The van der Waals surface area contributed by atoms with Gasteiger partial charge < -0.3 is 15.2 Å². The largest absolute Gasteiger partial charge is 0.481 e. The molecular formula is C19H20FNO3. The number of carbonyl (C=O) groups excluding carboxylic acids is 1. The molecule has 0 spiro atoms. The Balaban J connectivity index is 1.50. The lowest BCUT2D eigenvalue weighted by atomic mass is 9.80. The third-order valence-electron chi connectivity index (χ3n) is 4.31. The van der Waals surface area contributed by atoms with Gasteiger partial charge in [0.25, 0.3) is 5.91 Å². The Hall–Kier alpha value is -2.40. The van der Waals surface area contributed by atoms with Crippen LogP contribution in [-0.4, -0.2) is 29.8 Å². The summed E-state index contributed by atoms with van der Waals surface area (Å²) in [7, 11) is 0. The van der Waals surface area contributed by atoms with Crippen molar-refractivity contribution < 1.29 is 19.0 Å². The maximum Gasteiger partial charge on any atom is 0.258 e. The van der Waals surface area contributed by atoms with E-state index in [9.17, 15) is 14.3 Å². The van der Waals surface area contributed by atoms with Crippen molar-refractivity contribution in [2.24, 2.45) is 0 Å². The summed E-state index contributed by atoms with van der Waals surface area (Å²) in [5.74, 6) is -0.851. The maximum absolute atomic E-state index is 13.4. The average Bonchev–Trinajstić information content (AvgIpc) is 2.59. The molecule has 0 aromatic heterocycles. The number of amides is 1. The molecule has 2 N–H and O–H groups in total. The first kappa shape index (κ1) is 16.5. The monoisotopic (exact) mass is 329 g/mol. The number of nitrogens with one attached hydrogen (secondary N) is 1. The fraction of sp³-hybridized carbons (Fsp3) is 0.316. The summed E-state index contributed by atoms with van der Waals surface area (Å²) < 4.78 is 18.6. The van der Waals surface area contributed by atoms with Gasteiger partial charge in [-0.05, 0) is 36.1 Å². The van der Waals surface area contributed by atoms with Gasteiger partial charge in [0.15, 0.2) is 18.2 Å². The summed E-state index contributed by atoms with van der Waals surface area (Å²) in [4.78, 5) is 11.9. The van der Waals surface area contributed by atoms with Gasteiger partial charge in [-0.1, -0.05) is 36.4 Å². The lowest BCUT2D eigenvalue weighted by molar-refractivity contribution is -0.124. The molecule has 0 unspecified atom stereocenters. The molecule has 0 bridgehead atoms. The zero-order chi connectivity index (χ0) is 17.0. The topological polar surface area (TPSA) is 58.6 Å². The molecule has 0 aliphatic heterocycles. The number of hydrogen-bond acceptors (Lipinski definition) is 3. The van der Waals surface area contributed by atoms with Crippen molar-refractivity contribution >= 4 is 5.91 Å². The van der Waals surface area contributed by atoms with Crippen LogP contribution in [0.5, 0.6) is 5.75 Å². The van der Waals surface area contributed by atoms with Crippen molar-refractivity contribution in [3.05, 3.63) is 65.5 Å². The highest BCUT2D eigenvalue weighted by atomic mass is 19.1. The molecule has 0 saturated heterocycles. The molecule has 1 aliphatic carbocycles. The van der Waals surface area contributed by atoms with Crippen LogP contribution >= 0.6 is 0 Å². The van der Waals surface area contributed by atoms with E-state index in [1.54, 1.807) is 12.1 Å². The SMILES string of the molecule is O=C(COc1ccccc1F)NC[C@]1(O)CCc2ccccc2C1. The lowest BCUT2D eigenvalue weighted by Gasteiger charge is -2.33. The Bertz CT molecular complexity index is 734. The number of aryl methyl sites for hydroxylation is 1. The maximum atomic E-state index is 13.4. The Morgan fingerprint density at radius 2 is 1.88 bits per heavy atom. The summed E-state index contributed by atoms with van der Waals surface area (Å²) in [6.07, 6.45) is 1.89. The van der Waals surface area contributed by atoms with Gasteiger partial charge in [-0.2, -0.15) is 0 Å². The van der Waals surface area contributed by atoms with Crippen molar-refractivity contribution in [1.82, 2.24) is 5.32 Å². The lowest BCUT2D eigenvalue weighted by Crippen LogP contribution is -2.47. The van der Waals surface area contributed by atoms with Crippen molar-refractivity contribution in [3.8, 4) is 5.75 Å². The van der Waals surface area contributed by atoms with Gasteiger partial charge in [0, 0.05) is 13.0 Å². The van der Waals surface area contributed by atoms with Crippen molar-refractivity contribution in [1.29, 1.82) is 0 Å². The molecule has 4 nitrogen and oxygen atoms in total. The number of fused-ring (bicyclic) bond motifs is 1. The first-order chi connectivity index (χ1) is 11.6. The van der Waals surface area contributed by atoms with Crippen LogP contribution in [-0.2, 0) is 17.6 Å². The third-order valence-corrected chi connectivity index (χ3v) is 4.31. The summed E-state index contributed by atoms with van der Waals surface area (Å²) in [5.41, 5.74) is 1.40. The zero-order valence-corrected chi connectivity index (χ0v) is 13.3. The molecule has 1 aliphatic rings. The van der Waals surface area contributed by atoms with Crippen LogP contribution in [0.2, 0.25) is 0 Å². The molecule has 0 radical (unpaired) electrons. The number of benzene rings is 2. The van der Waals surface area contributed by atoms with Crippen LogP contribution in [0, 0.1) is 5.82 Å². The highest BCUT2D eigenvalue weighted by molar-refractivity contribution is 5.77. The minimum atomic E-state index is -0.956. The zero-order valence-electron chi connectivity index (χ0n) is 13.3. The van der Waals surface area contributed by atoms with E-state index in [-0.39, 0.29) is 24.8 Å². The van der Waals surface area contributed by atoms with Crippen LogP contribution in [0.4, 0.5) is 4.39 Å². The summed E-state index contributed by atoms with van der Waals surface area (Å²) in [5, 5.41) is 13.4. The summed E-state index contributed by atoms with van der Waals surface area (Å²) >= 11 is 0. The normalized spacial score (nSPS) is 19.4. The first-order valence-electron chi connectivity index (χ1n) is 7.99. The Kier molecular flexibility index (Phi) is 4.81. The fourth-order valence-corrected chi connectivity index (χ4v) is 2.95. The molecule has 1 atom stereocenters. The fourth-order valence-electron chi connectivity index (χ4n) is 2.95. The van der Waals surface area contributed by atoms with Gasteiger partial charge in [0.1, 0.15) is 0 Å². The number of para-hydroxylation sites is 1. The molecule has 0 fully saturated rings. The molecule has 2 aromatic carbocycles. The third kappa shape index (κ3) is 3.92. The van der Waals surface area contributed by atoms with Crippen molar-refractivity contribution in [2.75, 3.05) is 13.2 Å². The predicted octanol–water partition coefficient (Wildman–Crippen LogP) is 2.24. The Morgan fingerprint density at radius 3 is 2.67 bits per heavy atom. The minimum absolute atomic E-state index is 0.0398. The van der Waals surface area contributed by atoms with E-state index in [4.69, 9.17) is 4.74 Å². The Labute approximate surface area is 140 Å². The van der Waals surface area contributed by atoms with E-state index in [2.05, 4.69) is 11.4 Å². The van der Waals surface area contributed by atoms with Gasteiger partial charge >= 0.3 is 0 Å². The van der Waals surface area contributed by atoms with Crippen LogP contribution in [0.1, 0.15) is 17.5 Å². The molecule has 1 amide bonds. The molecule has 126 valence electrons. The van der Waals surface area contributed by atoms with E-state index in [1.165, 1.54) is 17.7 Å². The van der Waals surface area contributed by atoms with E-state index < -0.39 is 11.4 Å². The molecule has 0 heterocycles. The average molecular weight is 329 g/mol. The highest BCUT2D eigenvalue weighted by Crippen LogP contribution is 2.28. The molecular weight excluding hydrogens is 309 g/mol. The minimum Gasteiger partial charge on any atom is -0.481 e. The number of hydrogen-bond donors (Lipinski definition) is 2. The number of ether oxygens (including phenoxy) is 1. The Morgan fingerprint density at radius 1 is 1.17 bits per heavy atom. The highest BCUT2D eigenvalue weighted by Gasteiger charge is 2.32. The standard InChI is InChI=1S/C19H20FNO3/c20-16-7-3-4-8-17(16)24-12-18(22)21-13-19(23)10-9-14-5-1-2-6-15(14)11-19/h1-8,23H,9-13H2,(H,21,22)/t19-/m0/s1. The summed E-state index contributed by atoms with van der Waals surface area (Å²) in [6, 6.07) is 13.9. The quantitative estimate of drug-likeness (QED) is 0.884. The van der Waals surface area contributed by atoms with Gasteiger partial charge in [0.05, 0.1) is 5.60 Å². The van der Waals surface area contributed by atoms with Gasteiger partial charge in [-0.25, -0.2) is 4.39 Å². The van der Waals surface area contributed by atoms with Crippen molar-refractivity contribution in [3.63, 3.8) is 0 Å². The molecule has 24 heavy (non-hydrogen) atoms. The number of carbonyl (C=O) groups is 1. The van der Waals surface area contributed by atoms with E-state index in [1.807, 2.05) is 18.2 Å². The number of aliphatic hydroxyl groups is 1. The number of halogens is 1. The van der Waals surface area contributed by atoms with Gasteiger partial charge in [-0.15, -0.1) is 0 Å². The van der Waals surface area contributed by atoms with E-state index in [0.717, 1.165) is 12.0 Å². The van der Waals surface area contributed by atoms with Gasteiger partial charge in [0.2, 0.25) is 0 Å². The first-order valence-corrected chi connectivity index (χ1v) is 7.99. The van der Waals surface area contributed by atoms with Crippen LogP contribution < -0.4 is 10.1 Å². The second-order valence-corrected chi connectivity index (χ2v) is 6.17. The second-order valence-electron chi connectivity index (χ2n) is 6.17. The summed E-state index contributed by atoms with van der Waals surface area (Å²) in [6.45, 7) is -0.131. The van der Waals surface area contributed by atoms with E-state index in [0.29, 0.717) is 12.8 Å². The van der Waals surface area contributed by atoms with Crippen LogP contribution in [0.15, 0.2) is 48.5 Å². The van der Waals surface area contributed by atoms with Crippen LogP contribution in [0.3, 0.4) is 0 Å². The number of rotatable bonds is 5. The molecule has 2 aromatic rings. The van der Waals surface area contributed by atoms with Crippen LogP contribution in [0.25, 0.3) is 0 Å². The van der Waals surface area contributed by atoms with Gasteiger partial charge in [-0.3, -0.25) is 4.79 Å². The van der Waals surface area contributed by atoms with E-state index >= 15 is 0 Å².